The predicted octanol–water partition coefficient (Wildman–Crippen LogP) is -0.0838. The normalized spacial score (nSPS) is 26.7. The van der Waals surface area contributed by atoms with Crippen LogP contribution in [0.1, 0.15) is 38.8 Å². The zero-order chi connectivity index (χ0) is 20.4. The molecule has 2 atom stereocenters. The molecule has 2 aliphatic rings. The van der Waals surface area contributed by atoms with E-state index in [0.717, 1.165) is 11.5 Å². The number of anilines is 1. The summed E-state index contributed by atoms with van der Waals surface area (Å²) in [4.78, 5) is 25.4. The number of hydrogen-bond acceptors (Lipinski definition) is 7. The summed E-state index contributed by atoms with van der Waals surface area (Å²) in [7, 11) is 0. The van der Waals surface area contributed by atoms with Gasteiger partial charge in [0.15, 0.2) is 5.82 Å². The molecule has 3 heterocycles. The van der Waals surface area contributed by atoms with Gasteiger partial charge in [-0.1, -0.05) is 0 Å². The second-order valence-electron chi connectivity index (χ2n) is 7.96. The van der Waals surface area contributed by atoms with E-state index in [1.807, 2.05) is 26.0 Å². The molecule has 2 fully saturated rings. The Kier molecular flexibility index (Phi) is 5.85. The smallest absolute Gasteiger partial charge is 0.239 e. The van der Waals surface area contributed by atoms with Crippen LogP contribution in [-0.4, -0.2) is 70.6 Å². The van der Waals surface area contributed by atoms with Gasteiger partial charge in [0.25, 0.3) is 0 Å². The number of aryl methyl sites for hydroxylation is 1. The first-order chi connectivity index (χ1) is 13.2. The molecule has 1 spiro atoms. The number of carbonyl (C=O) groups excluding carboxylic acids is 2. The molecule has 9 heteroatoms. The first-order valence-electron chi connectivity index (χ1n) is 9.67. The molecule has 9 nitrogen and oxygen atoms in total. The molecule has 1 aromatic rings. The molecule has 1 aromatic heterocycles. The van der Waals surface area contributed by atoms with E-state index in [2.05, 4.69) is 25.7 Å². The summed E-state index contributed by atoms with van der Waals surface area (Å²) in [5.41, 5.74) is -0.642. The van der Waals surface area contributed by atoms with Crippen LogP contribution >= 0.6 is 0 Å². The summed E-state index contributed by atoms with van der Waals surface area (Å²) in [5.74, 6) is 0.231. The molecule has 2 amide bonds. The number of ether oxygens (including phenoxy) is 1. The molecule has 154 valence electrons. The minimum Gasteiger partial charge on any atom is -0.388 e. The lowest BCUT2D eigenvalue weighted by Crippen LogP contribution is -2.69. The number of aliphatic hydroxyl groups excluding tert-OH is 1. The predicted molar refractivity (Wildman–Crippen MR) is 103 cm³/mol. The zero-order valence-electron chi connectivity index (χ0n) is 16.7. The molecule has 28 heavy (non-hydrogen) atoms. The summed E-state index contributed by atoms with van der Waals surface area (Å²) in [6.45, 7) is 6.82. The van der Waals surface area contributed by atoms with Crippen molar-refractivity contribution in [3.8, 4) is 0 Å². The standard InChI is InChI=1S/C19H29N5O4/c1-13-4-5-15(23-22-13)24-9-6-19(7-10-24)17(27)18(3,8-11-28-19)21-16(26)12-20-14(2)25/h4-5,17,27H,6-12H2,1-3H3,(H,20,25)(H,21,26)/t17-,18+/m1/s1. The fourth-order valence-corrected chi connectivity index (χ4v) is 4.05. The number of aromatic nitrogens is 2. The van der Waals surface area contributed by atoms with E-state index in [1.165, 1.54) is 6.92 Å². The molecule has 3 N–H and O–H groups in total. The van der Waals surface area contributed by atoms with E-state index >= 15 is 0 Å². The third-order valence-electron chi connectivity index (χ3n) is 5.75. The second-order valence-corrected chi connectivity index (χ2v) is 7.96. The van der Waals surface area contributed by atoms with Crippen molar-refractivity contribution in [3.63, 3.8) is 0 Å². The van der Waals surface area contributed by atoms with E-state index in [1.54, 1.807) is 0 Å². The van der Waals surface area contributed by atoms with Crippen molar-refractivity contribution < 1.29 is 19.4 Å². The lowest BCUT2D eigenvalue weighted by atomic mass is 9.73. The summed E-state index contributed by atoms with van der Waals surface area (Å²) in [6, 6.07) is 3.88. The lowest BCUT2D eigenvalue weighted by molar-refractivity contribution is -0.198. The number of nitrogens with zero attached hydrogens (tertiary/aromatic N) is 3. The van der Waals surface area contributed by atoms with Gasteiger partial charge in [0, 0.05) is 26.6 Å². The molecule has 0 radical (unpaired) electrons. The summed E-state index contributed by atoms with van der Waals surface area (Å²) >= 11 is 0. The van der Waals surface area contributed by atoms with Gasteiger partial charge in [-0.05, 0) is 45.2 Å². The number of amides is 2. The lowest BCUT2D eigenvalue weighted by Gasteiger charge is -2.53. The van der Waals surface area contributed by atoms with Crippen LogP contribution in [0.15, 0.2) is 12.1 Å². The Hall–Kier alpha value is -2.26. The molecule has 0 saturated carbocycles. The minimum atomic E-state index is -0.846. The quantitative estimate of drug-likeness (QED) is 0.657. The van der Waals surface area contributed by atoms with E-state index in [0.29, 0.717) is 39.0 Å². The van der Waals surface area contributed by atoms with Crippen molar-refractivity contribution in [2.75, 3.05) is 31.1 Å². The average Bonchev–Trinajstić information content (AvgIpc) is 2.66. The number of rotatable bonds is 4. The number of carbonyl (C=O) groups is 2. The third-order valence-corrected chi connectivity index (χ3v) is 5.75. The number of aliphatic hydroxyl groups is 1. The highest BCUT2D eigenvalue weighted by Crippen LogP contribution is 2.40. The van der Waals surface area contributed by atoms with Gasteiger partial charge in [-0.15, -0.1) is 5.10 Å². The van der Waals surface area contributed by atoms with Crippen LogP contribution in [0.2, 0.25) is 0 Å². The fraction of sp³-hybridized carbons (Fsp3) is 0.684. The Labute approximate surface area is 164 Å². The van der Waals surface area contributed by atoms with Gasteiger partial charge in [0.05, 0.1) is 23.4 Å². The second kappa shape index (κ2) is 8.00. The largest absolute Gasteiger partial charge is 0.388 e. The van der Waals surface area contributed by atoms with Crippen LogP contribution in [0.3, 0.4) is 0 Å². The minimum absolute atomic E-state index is 0.106. The van der Waals surface area contributed by atoms with Crippen LogP contribution in [-0.2, 0) is 14.3 Å². The van der Waals surface area contributed by atoms with Crippen molar-refractivity contribution in [3.05, 3.63) is 17.8 Å². The van der Waals surface area contributed by atoms with Crippen molar-refractivity contribution in [1.82, 2.24) is 20.8 Å². The molecule has 0 aliphatic carbocycles. The van der Waals surface area contributed by atoms with Gasteiger partial charge in [0.2, 0.25) is 11.8 Å². The molecule has 0 bridgehead atoms. The van der Waals surface area contributed by atoms with Gasteiger partial charge in [0.1, 0.15) is 6.10 Å². The van der Waals surface area contributed by atoms with Crippen molar-refractivity contribution in [1.29, 1.82) is 0 Å². The van der Waals surface area contributed by atoms with Gasteiger partial charge in [-0.3, -0.25) is 9.59 Å². The fourth-order valence-electron chi connectivity index (χ4n) is 4.05. The van der Waals surface area contributed by atoms with E-state index in [9.17, 15) is 14.7 Å². The molecule has 2 aliphatic heterocycles. The number of hydrogen-bond donors (Lipinski definition) is 3. The Morgan fingerprint density at radius 3 is 2.61 bits per heavy atom. The highest BCUT2D eigenvalue weighted by Gasteiger charge is 2.53. The SMILES string of the molecule is CC(=O)NCC(=O)N[C@@]1(C)CCOC2(CCN(c3ccc(C)nn3)CC2)[C@@H]1O. The maximum absolute atomic E-state index is 12.2. The Morgan fingerprint density at radius 1 is 1.29 bits per heavy atom. The van der Waals surface area contributed by atoms with Gasteiger partial charge < -0.3 is 25.4 Å². The summed E-state index contributed by atoms with van der Waals surface area (Å²) in [6.07, 6.45) is 0.915. The van der Waals surface area contributed by atoms with Crippen molar-refractivity contribution in [2.24, 2.45) is 0 Å². The van der Waals surface area contributed by atoms with Gasteiger partial charge >= 0.3 is 0 Å². The highest BCUT2D eigenvalue weighted by atomic mass is 16.5. The Bertz CT molecular complexity index is 718. The maximum Gasteiger partial charge on any atom is 0.239 e. The summed E-state index contributed by atoms with van der Waals surface area (Å²) in [5, 5.41) is 24.9. The molecule has 0 aromatic carbocycles. The number of nitrogens with one attached hydrogen (secondary N) is 2. The molecule has 0 unspecified atom stereocenters. The van der Waals surface area contributed by atoms with Crippen LogP contribution in [0.25, 0.3) is 0 Å². The highest BCUT2D eigenvalue weighted by molar-refractivity contribution is 5.84. The zero-order valence-corrected chi connectivity index (χ0v) is 16.7. The van der Waals surface area contributed by atoms with E-state index in [-0.39, 0.29) is 18.4 Å². The van der Waals surface area contributed by atoms with Gasteiger partial charge in [-0.2, -0.15) is 5.10 Å². The van der Waals surface area contributed by atoms with Crippen molar-refractivity contribution in [2.45, 2.75) is 57.3 Å². The monoisotopic (exact) mass is 391 g/mol. The molecular formula is C19H29N5O4. The number of piperidine rings is 1. The third kappa shape index (κ3) is 4.25. The van der Waals surface area contributed by atoms with Crippen LogP contribution in [0.4, 0.5) is 5.82 Å². The molecule has 2 saturated heterocycles. The first-order valence-corrected chi connectivity index (χ1v) is 9.67. The maximum atomic E-state index is 12.2. The Balaban J connectivity index is 1.65. The van der Waals surface area contributed by atoms with Crippen LogP contribution < -0.4 is 15.5 Å². The molecule has 3 rings (SSSR count). The van der Waals surface area contributed by atoms with Crippen LogP contribution in [0, 0.1) is 6.92 Å². The Morgan fingerprint density at radius 2 is 2.00 bits per heavy atom. The van der Waals surface area contributed by atoms with E-state index < -0.39 is 17.2 Å². The summed E-state index contributed by atoms with van der Waals surface area (Å²) < 4.78 is 6.06. The first kappa shape index (κ1) is 20.5. The van der Waals surface area contributed by atoms with E-state index in [4.69, 9.17) is 4.74 Å². The van der Waals surface area contributed by atoms with Crippen LogP contribution in [0.5, 0.6) is 0 Å². The average molecular weight is 391 g/mol. The molecular weight excluding hydrogens is 362 g/mol. The topological polar surface area (TPSA) is 117 Å². The van der Waals surface area contributed by atoms with Crippen molar-refractivity contribution >= 4 is 17.6 Å². The van der Waals surface area contributed by atoms with Gasteiger partial charge in [-0.25, -0.2) is 0 Å².